The van der Waals surface area contributed by atoms with Crippen molar-refractivity contribution in [3.8, 4) is 0 Å². The molecule has 0 bridgehead atoms. The Bertz CT molecular complexity index is 278. The largest absolute Gasteiger partial charge is 0.336 e. The van der Waals surface area contributed by atoms with Crippen LogP contribution in [0.5, 0.6) is 0 Å². The van der Waals surface area contributed by atoms with E-state index >= 15 is 0 Å². The van der Waals surface area contributed by atoms with Crippen LogP contribution in [0, 0.1) is 0 Å². The second kappa shape index (κ2) is 5.36. The smallest absolute Gasteiger partial charge is 0.240 e. The van der Waals surface area contributed by atoms with E-state index in [0.29, 0.717) is 18.0 Å². The molecule has 17 heavy (non-hydrogen) atoms. The molecule has 2 atom stereocenters. The summed E-state index contributed by atoms with van der Waals surface area (Å²) in [6.07, 6.45) is 4.44. The molecular formula is C13H25N3O. The van der Waals surface area contributed by atoms with Gasteiger partial charge in [-0.05, 0) is 53.2 Å². The average Bonchev–Trinajstić information content (AvgIpc) is 3.10. The molecular weight excluding hydrogens is 214 g/mol. The summed E-state index contributed by atoms with van der Waals surface area (Å²) in [7, 11) is 4.03. The van der Waals surface area contributed by atoms with Gasteiger partial charge in [0.15, 0.2) is 0 Å². The zero-order valence-corrected chi connectivity index (χ0v) is 11.3. The molecule has 1 heterocycles. The summed E-state index contributed by atoms with van der Waals surface area (Å²) in [5, 5.41) is 3.15. The fraction of sp³-hybridized carbons (Fsp3) is 0.923. The number of hydrogen-bond acceptors (Lipinski definition) is 3. The van der Waals surface area contributed by atoms with Crippen LogP contribution >= 0.6 is 0 Å². The molecule has 1 saturated carbocycles. The van der Waals surface area contributed by atoms with Crippen molar-refractivity contribution in [3.05, 3.63) is 0 Å². The SMILES string of the molecule is CNCCC1C(=O)N(C2CC2)C(C)CCN1C. The summed E-state index contributed by atoms with van der Waals surface area (Å²) in [5.41, 5.74) is 0. The van der Waals surface area contributed by atoms with Crippen LogP contribution in [0.4, 0.5) is 0 Å². The Morgan fingerprint density at radius 3 is 2.65 bits per heavy atom. The van der Waals surface area contributed by atoms with Gasteiger partial charge in [0.1, 0.15) is 0 Å². The molecule has 1 N–H and O–H groups in total. The van der Waals surface area contributed by atoms with Crippen molar-refractivity contribution < 1.29 is 4.79 Å². The van der Waals surface area contributed by atoms with Gasteiger partial charge in [-0.2, -0.15) is 0 Å². The number of carbonyl (C=O) groups excluding carboxylic acids is 1. The highest BCUT2D eigenvalue weighted by atomic mass is 16.2. The summed E-state index contributed by atoms with van der Waals surface area (Å²) in [6, 6.07) is 1.03. The molecule has 1 amide bonds. The highest BCUT2D eigenvalue weighted by Gasteiger charge is 2.41. The molecule has 98 valence electrons. The Balaban J connectivity index is 2.09. The van der Waals surface area contributed by atoms with E-state index in [4.69, 9.17) is 0 Å². The second-order valence-corrected chi connectivity index (χ2v) is 5.50. The molecule has 2 aliphatic rings. The molecule has 4 heteroatoms. The van der Waals surface area contributed by atoms with E-state index in [-0.39, 0.29) is 6.04 Å². The first-order valence-electron chi connectivity index (χ1n) is 6.82. The summed E-state index contributed by atoms with van der Waals surface area (Å²) in [5.74, 6) is 0.357. The van der Waals surface area contributed by atoms with Gasteiger partial charge < -0.3 is 10.2 Å². The maximum absolute atomic E-state index is 12.6. The molecule has 0 radical (unpaired) electrons. The minimum atomic E-state index is 0.0769. The molecule has 1 aliphatic carbocycles. The van der Waals surface area contributed by atoms with Gasteiger partial charge in [-0.1, -0.05) is 0 Å². The fourth-order valence-electron chi connectivity index (χ4n) is 2.78. The van der Waals surface area contributed by atoms with Crippen molar-refractivity contribution in [1.29, 1.82) is 0 Å². The topological polar surface area (TPSA) is 35.6 Å². The lowest BCUT2D eigenvalue weighted by molar-refractivity contribution is -0.137. The number of nitrogens with zero attached hydrogens (tertiary/aromatic N) is 2. The highest BCUT2D eigenvalue weighted by Crippen LogP contribution is 2.32. The van der Waals surface area contributed by atoms with E-state index in [1.807, 2.05) is 7.05 Å². The van der Waals surface area contributed by atoms with Crippen LogP contribution in [0.15, 0.2) is 0 Å². The number of amides is 1. The lowest BCUT2D eigenvalue weighted by Gasteiger charge is -2.30. The number of likely N-dealkylation sites (N-methyl/N-ethyl adjacent to an activating group) is 1. The minimum absolute atomic E-state index is 0.0769. The summed E-state index contributed by atoms with van der Waals surface area (Å²) < 4.78 is 0. The maximum atomic E-state index is 12.6. The molecule has 0 aromatic rings. The van der Waals surface area contributed by atoms with Crippen LogP contribution in [0.2, 0.25) is 0 Å². The van der Waals surface area contributed by atoms with Crippen LogP contribution in [0.25, 0.3) is 0 Å². The van der Waals surface area contributed by atoms with Crippen LogP contribution < -0.4 is 5.32 Å². The van der Waals surface area contributed by atoms with E-state index < -0.39 is 0 Å². The molecule has 0 aromatic carbocycles. The summed E-state index contributed by atoms with van der Waals surface area (Å²) in [4.78, 5) is 17.0. The van der Waals surface area contributed by atoms with Crippen molar-refractivity contribution in [3.63, 3.8) is 0 Å². The Labute approximate surface area is 104 Å². The Morgan fingerprint density at radius 1 is 1.35 bits per heavy atom. The minimum Gasteiger partial charge on any atom is -0.336 e. The predicted molar refractivity (Wildman–Crippen MR) is 68.9 cm³/mol. The third-order valence-electron chi connectivity index (χ3n) is 4.05. The number of nitrogens with one attached hydrogen (secondary N) is 1. The van der Waals surface area contributed by atoms with Crippen molar-refractivity contribution in [2.75, 3.05) is 27.2 Å². The molecule has 2 unspecified atom stereocenters. The van der Waals surface area contributed by atoms with Gasteiger partial charge in [-0.3, -0.25) is 9.69 Å². The van der Waals surface area contributed by atoms with Crippen molar-refractivity contribution in [2.45, 2.75) is 50.7 Å². The monoisotopic (exact) mass is 239 g/mol. The Hall–Kier alpha value is -0.610. The molecule has 2 fully saturated rings. The van der Waals surface area contributed by atoms with Crippen LogP contribution in [-0.4, -0.2) is 61.0 Å². The lowest BCUT2D eigenvalue weighted by Crippen LogP contribution is -2.48. The molecule has 4 nitrogen and oxygen atoms in total. The van der Waals surface area contributed by atoms with Gasteiger partial charge in [0.2, 0.25) is 5.91 Å². The zero-order chi connectivity index (χ0) is 12.4. The first-order chi connectivity index (χ1) is 8.15. The number of hydrogen-bond donors (Lipinski definition) is 1. The van der Waals surface area contributed by atoms with Crippen LogP contribution in [-0.2, 0) is 4.79 Å². The lowest BCUT2D eigenvalue weighted by atomic mass is 10.1. The average molecular weight is 239 g/mol. The standard InChI is InChI=1S/C13H25N3O/c1-10-7-9-15(3)12(6-8-14-2)13(17)16(10)11-4-5-11/h10-12,14H,4-9H2,1-3H3. The zero-order valence-electron chi connectivity index (χ0n) is 11.3. The second-order valence-electron chi connectivity index (χ2n) is 5.50. The third kappa shape index (κ3) is 2.80. The van der Waals surface area contributed by atoms with E-state index in [2.05, 4.69) is 29.1 Å². The van der Waals surface area contributed by atoms with Gasteiger partial charge in [-0.15, -0.1) is 0 Å². The van der Waals surface area contributed by atoms with E-state index in [1.165, 1.54) is 12.8 Å². The first kappa shape index (κ1) is 12.8. The van der Waals surface area contributed by atoms with Gasteiger partial charge in [-0.25, -0.2) is 0 Å². The van der Waals surface area contributed by atoms with Crippen molar-refractivity contribution in [1.82, 2.24) is 15.1 Å². The Morgan fingerprint density at radius 2 is 2.06 bits per heavy atom. The first-order valence-corrected chi connectivity index (χ1v) is 6.82. The predicted octanol–water partition coefficient (Wildman–Crippen LogP) is 0.680. The third-order valence-corrected chi connectivity index (χ3v) is 4.05. The quantitative estimate of drug-likeness (QED) is 0.783. The Kier molecular flexibility index (Phi) is 4.05. The molecule has 0 spiro atoms. The van der Waals surface area contributed by atoms with Crippen molar-refractivity contribution in [2.24, 2.45) is 0 Å². The van der Waals surface area contributed by atoms with E-state index in [0.717, 1.165) is 25.9 Å². The molecule has 1 saturated heterocycles. The summed E-state index contributed by atoms with van der Waals surface area (Å²) >= 11 is 0. The summed E-state index contributed by atoms with van der Waals surface area (Å²) in [6.45, 7) is 4.14. The molecule has 2 rings (SSSR count). The number of carbonyl (C=O) groups is 1. The highest BCUT2D eigenvalue weighted by molar-refractivity contribution is 5.83. The fourth-order valence-corrected chi connectivity index (χ4v) is 2.78. The van der Waals surface area contributed by atoms with Gasteiger partial charge in [0.25, 0.3) is 0 Å². The van der Waals surface area contributed by atoms with Crippen molar-refractivity contribution >= 4 is 5.91 Å². The molecule has 0 aromatic heterocycles. The maximum Gasteiger partial charge on any atom is 0.240 e. The van der Waals surface area contributed by atoms with Crippen LogP contribution in [0.3, 0.4) is 0 Å². The normalized spacial score (nSPS) is 31.7. The van der Waals surface area contributed by atoms with Gasteiger partial charge in [0, 0.05) is 18.6 Å². The van der Waals surface area contributed by atoms with E-state index in [9.17, 15) is 4.79 Å². The van der Waals surface area contributed by atoms with Gasteiger partial charge >= 0.3 is 0 Å². The van der Waals surface area contributed by atoms with Gasteiger partial charge in [0.05, 0.1) is 6.04 Å². The molecule has 1 aliphatic heterocycles. The van der Waals surface area contributed by atoms with E-state index in [1.54, 1.807) is 0 Å². The van der Waals surface area contributed by atoms with Crippen LogP contribution in [0.1, 0.15) is 32.6 Å². The number of rotatable bonds is 4.